The average molecular weight is 260 g/mol. The number of carboxylic acids is 1. The molecule has 2 rings (SSSR count). The predicted octanol–water partition coefficient (Wildman–Crippen LogP) is 2.94. The Hall–Kier alpha value is -1.88. The topological polar surface area (TPSA) is 63.1 Å². The molecule has 1 heterocycles. The van der Waals surface area contributed by atoms with Crippen molar-refractivity contribution in [1.82, 2.24) is 9.97 Å². The number of benzene rings is 1. The molecule has 92 valence electrons. The Bertz CT molecular complexity index is 582. The lowest BCUT2D eigenvalue weighted by atomic mass is 10.2. The van der Waals surface area contributed by atoms with Crippen molar-refractivity contribution in [2.45, 2.75) is 23.8 Å². The zero-order valence-electron chi connectivity index (χ0n) is 10.0. The Morgan fingerprint density at radius 2 is 2.00 bits per heavy atom. The summed E-state index contributed by atoms with van der Waals surface area (Å²) in [7, 11) is 0. The van der Waals surface area contributed by atoms with Crippen LogP contribution in [0.1, 0.15) is 21.6 Å². The average Bonchev–Trinajstić information content (AvgIpc) is 2.33. The number of hydrogen-bond acceptors (Lipinski definition) is 4. The lowest BCUT2D eigenvalue weighted by Gasteiger charge is -2.05. The fraction of sp³-hybridized carbons (Fsp3) is 0.154. The summed E-state index contributed by atoms with van der Waals surface area (Å²) in [5, 5.41) is 9.42. The van der Waals surface area contributed by atoms with E-state index in [0.717, 1.165) is 4.90 Å². The van der Waals surface area contributed by atoms with Gasteiger partial charge in [-0.05, 0) is 25.5 Å². The van der Waals surface area contributed by atoms with Crippen molar-refractivity contribution in [1.29, 1.82) is 0 Å². The van der Waals surface area contributed by atoms with Crippen LogP contribution in [0.3, 0.4) is 0 Å². The normalized spacial score (nSPS) is 10.3. The number of carbonyl (C=O) groups is 1. The van der Waals surface area contributed by atoms with Gasteiger partial charge in [0.1, 0.15) is 5.03 Å². The van der Waals surface area contributed by atoms with Gasteiger partial charge in [-0.3, -0.25) is 0 Å². The van der Waals surface area contributed by atoms with E-state index in [9.17, 15) is 4.79 Å². The summed E-state index contributed by atoms with van der Waals surface area (Å²) in [5.74, 6) is -1.06. The molecule has 5 heteroatoms. The molecule has 18 heavy (non-hydrogen) atoms. The van der Waals surface area contributed by atoms with Crippen molar-refractivity contribution in [2.75, 3.05) is 0 Å². The van der Waals surface area contributed by atoms with Crippen LogP contribution >= 0.6 is 11.8 Å². The highest BCUT2D eigenvalue weighted by atomic mass is 32.2. The van der Waals surface area contributed by atoms with Gasteiger partial charge >= 0.3 is 5.97 Å². The summed E-state index contributed by atoms with van der Waals surface area (Å²) >= 11 is 1.48. The lowest BCUT2D eigenvalue weighted by Crippen LogP contribution is -2.00. The number of nitrogens with zero attached hydrogens (tertiary/aromatic N) is 2. The van der Waals surface area contributed by atoms with Crippen molar-refractivity contribution in [2.24, 2.45) is 0 Å². The molecule has 0 bridgehead atoms. The summed E-state index contributed by atoms with van der Waals surface area (Å²) < 4.78 is 0. The van der Waals surface area contributed by atoms with E-state index in [2.05, 4.69) is 16.0 Å². The van der Waals surface area contributed by atoms with Crippen LogP contribution in [0.25, 0.3) is 0 Å². The largest absolute Gasteiger partial charge is 0.476 e. The van der Waals surface area contributed by atoms with E-state index >= 15 is 0 Å². The van der Waals surface area contributed by atoms with E-state index in [1.165, 1.54) is 35.3 Å². The predicted molar refractivity (Wildman–Crippen MR) is 69.0 cm³/mol. The van der Waals surface area contributed by atoms with Gasteiger partial charge in [0, 0.05) is 4.90 Å². The van der Waals surface area contributed by atoms with Crippen LogP contribution in [-0.2, 0) is 0 Å². The van der Waals surface area contributed by atoms with E-state index in [1.807, 2.05) is 26.0 Å². The zero-order chi connectivity index (χ0) is 13.1. The van der Waals surface area contributed by atoms with Gasteiger partial charge in [-0.15, -0.1) is 0 Å². The van der Waals surface area contributed by atoms with E-state index in [1.54, 1.807) is 0 Å². The van der Waals surface area contributed by atoms with Gasteiger partial charge in [0.25, 0.3) is 0 Å². The first-order chi connectivity index (χ1) is 8.56. The highest BCUT2D eigenvalue weighted by molar-refractivity contribution is 7.99. The SMILES string of the molecule is Cc1ccc(Sc2cnc(C(=O)O)cn2)c(C)c1. The number of aryl methyl sites for hydroxylation is 2. The molecule has 0 fully saturated rings. The molecule has 0 radical (unpaired) electrons. The molecule has 1 aromatic heterocycles. The molecule has 0 aliphatic heterocycles. The molecule has 4 nitrogen and oxygen atoms in total. The minimum absolute atomic E-state index is 0.0417. The van der Waals surface area contributed by atoms with Crippen LogP contribution in [-0.4, -0.2) is 21.0 Å². The third-order valence-electron chi connectivity index (χ3n) is 2.39. The molecular weight excluding hydrogens is 248 g/mol. The van der Waals surface area contributed by atoms with Gasteiger partial charge in [0.15, 0.2) is 5.69 Å². The second-order valence-corrected chi connectivity index (χ2v) is 4.98. The van der Waals surface area contributed by atoms with Crippen LogP contribution in [0.2, 0.25) is 0 Å². The summed E-state index contributed by atoms with van der Waals surface area (Å²) in [5.41, 5.74) is 2.34. The summed E-state index contributed by atoms with van der Waals surface area (Å²) in [6.45, 7) is 4.08. The molecule has 0 aliphatic rings. The monoisotopic (exact) mass is 260 g/mol. The quantitative estimate of drug-likeness (QED) is 0.919. The summed E-state index contributed by atoms with van der Waals surface area (Å²) in [6, 6.07) is 6.16. The first-order valence-corrected chi connectivity index (χ1v) is 6.18. The van der Waals surface area contributed by atoms with Crippen LogP contribution in [0, 0.1) is 13.8 Å². The molecule has 0 saturated heterocycles. The maximum absolute atomic E-state index is 10.7. The Morgan fingerprint density at radius 1 is 1.22 bits per heavy atom. The number of carboxylic acid groups (broad SMARTS) is 1. The van der Waals surface area contributed by atoms with Crippen LogP contribution < -0.4 is 0 Å². The summed E-state index contributed by atoms with van der Waals surface area (Å²) in [4.78, 5) is 19.7. The molecule has 2 aromatic rings. The van der Waals surface area contributed by atoms with Gasteiger partial charge in [0.05, 0.1) is 12.4 Å². The lowest BCUT2D eigenvalue weighted by molar-refractivity contribution is 0.0689. The van der Waals surface area contributed by atoms with Crippen LogP contribution in [0.4, 0.5) is 0 Å². The zero-order valence-corrected chi connectivity index (χ0v) is 10.9. The van der Waals surface area contributed by atoms with Crippen molar-refractivity contribution >= 4 is 17.7 Å². The van der Waals surface area contributed by atoms with Crippen molar-refractivity contribution < 1.29 is 9.90 Å². The molecule has 0 atom stereocenters. The first-order valence-electron chi connectivity index (χ1n) is 5.36. The van der Waals surface area contributed by atoms with E-state index in [0.29, 0.717) is 5.03 Å². The molecule has 0 amide bonds. The number of hydrogen-bond donors (Lipinski definition) is 1. The Morgan fingerprint density at radius 3 is 2.56 bits per heavy atom. The minimum Gasteiger partial charge on any atom is -0.476 e. The molecular formula is C13H12N2O2S. The Kier molecular flexibility index (Phi) is 3.62. The number of aromatic carboxylic acids is 1. The molecule has 0 unspecified atom stereocenters. The number of rotatable bonds is 3. The highest BCUT2D eigenvalue weighted by Gasteiger charge is 2.07. The molecule has 0 aliphatic carbocycles. The molecule has 0 saturated carbocycles. The van der Waals surface area contributed by atoms with E-state index in [4.69, 9.17) is 5.11 Å². The molecule has 0 spiro atoms. The van der Waals surface area contributed by atoms with Gasteiger partial charge < -0.3 is 5.11 Å². The summed E-state index contributed by atoms with van der Waals surface area (Å²) in [6.07, 6.45) is 2.75. The highest BCUT2D eigenvalue weighted by Crippen LogP contribution is 2.28. The fourth-order valence-corrected chi connectivity index (χ4v) is 2.30. The third kappa shape index (κ3) is 2.87. The van der Waals surface area contributed by atoms with Gasteiger partial charge in [-0.25, -0.2) is 14.8 Å². The van der Waals surface area contributed by atoms with Crippen molar-refractivity contribution in [3.63, 3.8) is 0 Å². The number of aromatic nitrogens is 2. The molecule has 1 aromatic carbocycles. The Labute approximate surface area is 109 Å². The van der Waals surface area contributed by atoms with Crippen LogP contribution in [0.15, 0.2) is 40.5 Å². The van der Waals surface area contributed by atoms with Crippen LogP contribution in [0.5, 0.6) is 0 Å². The smallest absolute Gasteiger partial charge is 0.356 e. The van der Waals surface area contributed by atoms with Gasteiger partial charge in [-0.2, -0.15) is 0 Å². The standard InChI is InChI=1S/C13H12N2O2S/c1-8-3-4-11(9(2)5-8)18-12-7-14-10(6-15-12)13(16)17/h3-7H,1-2H3,(H,16,17). The second-order valence-electron chi connectivity index (χ2n) is 3.92. The third-order valence-corrected chi connectivity index (χ3v) is 3.49. The first kappa shape index (κ1) is 12.6. The van der Waals surface area contributed by atoms with Gasteiger partial charge in [0.2, 0.25) is 0 Å². The minimum atomic E-state index is -1.06. The van der Waals surface area contributed by atoms with Gasteiger partial charge in [-0.1, -0.05) is 29.5 Å². The maximum atomic E-state index is 10.7. The fourth-order valence-electron chi connectivity index (χ4n) is 1.51. The maximum Gasteiger partial charge on any atom is 0.356 e. The molecule has 1 N–H and O–H groups in total. The van der Waals surface area contributed by atoms with E-state index in [-0.39, 0.29) is 5.69 Å². The van der Waals surface area contributed by atoms with Crippen molar-refractivity contribution in [3.05, 3.63) is 47.4 Å². The second kappa shape index (κ2) is 5.18. The van der Waals surface area contributed by atoms with Crippen molar-refractivity contribution in [3.8, 4) is 0 Å². The Balaban J connectivity index is 2.21. The van der Waals surface area contributed by atoms with E-state index < -0.39 is 5.97 Å².